The van der Waals surface area contributed by atoms with E-state index in [1.807, 2.05) is 0 Å². The summed E-state index contributed by atoms with van der Waals surface area (Å²) in [7, 11) is 0. The van der Waals surface area contributed by atoms with E-state index in [0.29, 0.717) is 16.7 Å². The van der Waals surface area contributed by atoms with E-state index in [1.54, 1.807) is 51.1 Å². The number of hydrogen-bond acceptors (Lipinski definition) is 3. The van der Waals surface area contributed by atoms with Crippen molar-refractivity contribution in [1.82, 2.24) is 0 Å². The summed E-state index contributed by atoms with van der Waals surface area (Å²) >= 11 is 0. The monoisotopic (exact) mass is 302 g/mol. The molecule has 2 aromatic rings. The van der Waals surface area contributed by atoms with Crippen molar-refractivity contribution in [3.05, 3.63) is 59.4 Å². The van der Waals surface area contributed by atoms with Crippen molar-refractivity contribution in [1.29, 1.82) is 0 Å². The molecule has 0 aromatic heterocycles. The molecule has 0 saturated carbocycles. The van der Waals surface area contributed by atoms with Crippen molar-refractivity contribution in [3.63, 3.8) is 0 Å². The number of rotatable bonds is 3. The SMILES string of the molecule is CC(C)(C)OC(=O)c1ccc(-c2cc(F)ccc2CO)cc1. The Kier molecular flexibility index (Phi) is 4.62. The molecule has 0 heterocycles. The molecule has 2 aromatic carbocycles. The number of aliphatic hydroxyl groups excluding tert-OH is 1. The summed E-state index contributed by atoms with van der Waals surface area (Å²) in [5.74, 6) is -0.774. The minimum atomic E-state index is -0.553. The van der Waals surface area contributed by atoms with Crippen LogP contribution in [-0.2, 0) is 11.3 Å². The van der Waals surface area contributed by atoms with Crippen molar-refractivity contribution in [2.24, 2.45) is 0 Å². The molecule has 0 aliphatic rings. The number of hydrogen-bond donors (Lipinski definition) is 1. The number of halogens is 1. The third-order valence-electron chi connectivity index (χ3n) is 3.07. The van der Waals surface area contributed by atoms with E-state index in [9.17, 15) is 14.3 Å². The van der Waals surface area contributed by atoms with Crippen molar-refractivity contribution >= 4 is 5.97 Å². The third kappa shape index (κ3) is 3.92. The van der Waals surface area contributed by atoms with Crippen LogP contribution in [-0.4, -0.2) is 16.7 Å². The fourth-order valence-corrected chi connectivity index (χ4v) is 2.08. The number of carbonyl (C=O) groups excluding carboxylic acids is 1. The molecule has 0 spiro atoms. The van der Waals surface area contributed by atoms with Gasteiger partial charge in [0.2, 0.25) is 0 Å². The summed E-state index contributed by atoms with van der Waals surface area (Å²) in [6.45, 7) is 5.24. The zero-order valence-corrected chi connectivity index (χ0v) is 12.9. The number of aliphatic hydroxyl groups is 1. The van der Waals surface area contributed by atoms with Crippen LogP contribution in [0.15, 0.2) is 42.5 Å². The zero-order valence-electron chi connectivity index (χ0n) is 12.9. The van der Waals surface area contributed by atoms with Gasteiger partial charge in [0.05, 0.1) is 12.2 Å². The Labute approximate surface area is 129 Å². The molecule has 0 fully saturated rings. The lowest BCUT2D eigenvalue weighted by Crippen LogP contribution is -2.23. The number of benzene rings is 2. The molecule has 3 nitrogen and oxygen atoms in total. The highest BCUT2D eigenvalue weighted by Crippen LogP contribution is 2.25. The highest BCUT2D eigenvalue weighted by molar-refractivity contribution is 5.90. The van der Waals surface area contributed by atoms with Crippen LogP contribution in [0.2, 0.25) is 0 Å². The summed E-state index contributed by atoms with van der Waals surface area (Å²) in [5.41, 5.74) is 1.85. The molecule has 0 radical (unpaired) electrons. The topological polar surface area (TPSA) is 46.5 Å². The van der Waals surface area contributed by atoms with Gasteiger partial charge in [0.1, 0.15) is 11.4 Å². The van der Waals surface area contributed by atoms with Crippen molar-refractivity contribution in [2.75, 3.05) is 0 Å². The van der Waals surface area contributed by atoms with Gasteiger partial charge >= 0.3 is 5.97 Å². The van der Waals surface area contributed by atoms with Gasteiger partial charge in [-0.25, -0.2) is 9.18 Å². The molecule has 0 amide bonds. The largest absolute Gasteiger partial charge is 0.456 e. The van der Waals surface area contributed by atoms with E-state index in [4.69, 9.17) is 4.74 Å². The predicted molar refractivity (Wildman–Crippen MR) is 82.9 cm³/mol. The van der Waals surface area contributed by atoms with Crippen LogP contribution in [0.5, 0.6) is 0 Å². The second-order valence-electron chi connectivity index (χ2n) is 6.04. The third-order valence-corrected chi connectivity index (χ3v) is 3.07. The molecule has 0 atom stereocenters. The molecule has 2 rings (SSSR count). The maximum atomic E-state index is 13.4. The fraction of sp³-hybridized carbons (Fsp3) is 0.278. The summed E-state index contributed by atoms with van der Waals surface area (Å²) in [5, 5.41) is 9.34. The Balaban J connectivity index is 2.30. The smallest absolute Gasteiger partial charge is 0.338 e. The molecule has 0 aliphatic carbocycles. The first-order chi connectivity index (χ1) is 10.3. The average Bonchev–Trinajstić information content (AvgIpc) is 2.45. The first kappa shape index (κ1) is 16.2. The van der Waals surface area contributed by atoms with Crippen molar-refractivity contribution < 1.29 is 19.0 Å². The Hall–Kier alpha value is -2.20. The van der Waals surface area contributed by atoms with Gasteiger partial charge < -0.3 is 9.84 Å². The van der Waals surface area contributed by atoms with Crippen LogP contribution >= 0.6 is 0 Å². The molecular formula is C18H19FO3. The summed E-state index contributed by atoms with van der Waals surface area (Å²) < 4.78 is 18.7. The van der Waals surface area contributed by atoms with E-state index < -0.39 is 11.6 Å². The van der Waals surface area contributed by atoms with E-state index in [-0.39, 0.29) is 12.4 Å². The summed E-state index contributed by atoms with van der Waals surface area (Å²) in [6, 6.07) is 10.9. The van der Waals surface area contributed by atoms with Gasteiger partial charge in [-0.05, 0) is 61.7 Å². The van der Waals surface area contributed by atoms with Crippen molar-refractivity contribution in [2.45, 2.75) is 33.0 Å². The van der Waals surface area contributed by atoms with Gasteiger partial charge in [-0.2, -0.15) is 0 Å². The quantitative estimate of drug-likeness (QED) is 0.874. The minimum Gasteiger partial charge on any atom is -0.456 e. The molecule has 0 unspecified atom stereocenters. The summed E-state index contributed by atoms with van der Waals surface area (Å²) in [6.07, 6.45) is 0. The first-order valence-electron chi connectivity index (χ1n) is 7.03. The highest BCUT2D eigenvalue weighted by atomic mass is 19.1. The van der Waals surface area contributed by atoms with Gasteiger partial charge in [0.25, 0.3) is 0 Å². The maximum absolute atomic E-state index is 13.4. The number of ether oxygens (including phenoxy) is 1. The molecule has 0 saturated heterocycles. The van der Waals surface area contributed by atoms with Gasteiger partial charge in [-0.1, -0.05) is 18.2 Å². The van der Waals surface area contributed by atoms with Crippen LogP contribution in [0.1, 0.15) is 36.7 Å². The lowest BCUT2D eigenvalue weighted by Gasteiger charge is -2.19. The first-order valence-corrected chi connectivity index (χ1v) is 7.03. The summed E-state index contributed by atoms with van der Waals surface area (Å²) in [4.78, 5) is 12.0. The molecule has 0 aliphatic heterocycles. The molecule has 4 heteroatoms. The molecule has 0 bridgehead atoms. The van der Waals surface area contributed by atoms with E-state index >= 15 is 0 Å². The van der Waals surface area contributed by atoms with Crippen LogP contribution in [0.25, 0.3) is 11.1 Å². The van der Waals surface area contributed by atoms with Crippen molar-refractivity contribution in [3.8, 4) is 11.1 Å². The standard InChI is InChI=1S/C18H19FO3/c1-18(2,3)22-17(21)13-6-4-12(5-7-13)16-10-15(19)9-8-14(16)11-20/h4-10,20H,11H2,1-3H3. The van der Waals surface area contributed by atoms with Gasteiger partial charge in [0.15, 0.2) is 0 Å². The van der Waals surface area contributed by atoms with Crippen LogP contribution in [0, 0.1) is 5.82 Å². The minimum absolute atomic E-state index is 0.177. The second-order valence-corrected chi connectivity index (χ2v) is 6.04. The molecule has 1 N–H and O–H groups in total. The van der Waals surface area contributed by atoms with Gasteiger partial charge in [-0.3, -0.25) is 0 Å². The number of esters is 1. The van der Waals surface area contributed by atoms with E-state index in [1.165, 1.54) is 12.1 Å². The molecule has 22 heavy (non-hydrogen) atoms. The molecular weight excluding hydrogens is 283 g/mol. The lowest BCUT2D eigenvalue weighted by molar-refractivity contribution is 0.00695. The Morgan fingerprint density at radius 1 is 1.14 bits per heavy atom. The maximum Gasteiger partial charge on any atom is 0.338 e. The Bertz CT molecular complexity index is 670. The number of carbonyl (C=O) groups is 1. The fourth-order valence-electron chi connectivity index (χ4n) is 2.08. The Morgan fingerprint density at radius 3 is 2.32 bits per heavy atom. The molecule has 116 valence electrons. The van der Waals surface area contributed by atoms with Gasteiger partial charge in [-0.15, -0.1) is 0 Å². The highest BCUT2D eigenvalue weighted by Gasteiger charge is 2.18. The van der Waals surface area contributed by atoms with Crippen LogP contribution in [0.3, 0.4) is 0 Å². The predicted octanol–water partition coefficient (Wildman–Crippen LogP) is 3.94. The Morgan fingerprint density at radius 2 is 1.77 bits per heavy atom. The van der Waals surface area contributed by atoms with E-state index in [2.05, 4.69) is 0 Å². The van der Waals surface area contributed by atoms with Crippen LogP contribution in [0.4, 0.5) is 4.39 Å². The normalized spacial score (nSPS) is 11.3. The van der Waals surface area contributed by atoms with E-state index in [0.717, 1.165) is 5.56 Å². The average molecular weight is 302 g/mol. The van der Waals surface area contributed by atoms with Gasteiger partial charge in [0, 0.05) is 0 Å². The zero-order chi connectivity index (χ0) is 16.3. The lowest BCUT2D eigenvalue weighted by atomic mass is 9.99. The van der Waals surface area contributed by atoms with Crippen LogP contribution < -0.4 is 0 Å². The second kappa shape index (κ2) is 6.28.